The summed E-state index contributed by atoms with van der Waals surface area (Å²) in [5, 5.41) is 3.29. The van der Waals surface area contributed by atoms with Crippen LogP contribution in [0.5, 0.6) is 5.75 Å². The fourth-order valence-electron chi connectivity index (χ4n) is 2.66. The smallest absolute Gasteiger partial charge is 0.224 e. The zero-order valence-corrected chi connectivity index (χ0v) is 13.0. The number of piperidine rings is 1. The Balaban J connectivity index is 1.62. The Morgan fingerprint density at radius 2 is 1.86 bits per heavy atom. The molecule has 22 heavy (non-hydrogen) atoms. The summed E-state index contributed by atoms with van der Waals surface area (Å²) in [5.74, 6) is 2.57. The summed E-state index contributed by atoms with van der Waals surface area (Å²) in [5.41, 5.74) is 1.17. The summed E-state index contributed by atoms with van der Waals surface area (Å²) in [6.45, 7) is 2.89. The fraction of sp³-hybridized carbons (Fsp3) is 0.412. The van der Waals surface area contributed by atoms with Crippen molar-refractivity contribution in [3.8, 4) is 5.75 Å². The SMILES string of the molecule is COc1ccc(CNc2nccc(N3CCCCC3)n2)cc1. The molecule has 1 aliphatic rings. The van der Waals surface area contributed by atoms with Gasteiger partial charge in [0.15, 0.2) is 0 Å². The highest BCUT2D eigenvalue weighted by Crippen LogP contribution is 2.18. The first-order valence-corrected chi connectivity index (χ1v) is 7.80. The zero-order chi connectivity index (χ0) is 15.2. The molecule has 1 aromatic carbocycles. The van der Waals surface area contributed by atoms with E-state index in [9.17, 15) is 0 Å². The Labute approximate surface area is 131 Å². The van der Waals surface area contributed by atoms with E-state index in [4.69, 9.17) is 4.74 Å². The van der Waals surface area contributed by atoms with Crippen LogP contribution in [0.25, 0.3) is 0 Å². The molecule has 0 amide bonds. The molecule has 1 aliphatic heterocycles. The van der Waals surface area contributed by atoms with Crippen LogP contribution in [0.4, 0.5) is 11.8 Å². The molecule has 0 aliphatic carbocycles. The summed E-state index contributed by atoms with van der Waals surface area (Å²) in [7, 11) is 1.67. The Kier molecular flexibility index (Phi) is 4.73. The van der Waals surface area contributed by atoms with Crippen LogP contribution in [0.2, 0.25) is 0 Å². The van der Waals surface area contributed by atoms with E-state index in [0.29, 0.717) is 12.5 Å². The van der Waals surface area contributed by atoms with Crippen molar-refractivity contribution in [2.75, 3.05) is 30.4 Å². The van der Waals surface area contributed by atoms with Gasteiger partial charge in [0.2, 0.25) is 5.95 Å². The molecule has 1 fully saturated rings. The molecule has 0 spiro atoms. The molecule has 1 aromatic heterocycles. The first kappa shape index (κ1) is 14.6. The largest absolute Gasteiger partial charge is 0.497 e. The predicted octanol–water partition coefficient (Wildman–Crippen LogP) is 3.09. The van der Waals surface area contributed by atoms with Crippen molar-refractivity contribution >= 4 is 11.8 Å². The highest BCUT2D eigenvalue weighted by molar-refractivity contribution is 5.43. The van der Waals surface area contributed by atoms with Gasteiger partial charge in [-0.1, -0.05) is 12.1 Å². The topological polar surface area (TPSA) is 50.3 Å². The molecule has 1 N–H and O–H groups in total. The van der Waals surface area contributed by atoms with Gasteiger partial charge in [-0.15, -0.1) is 0 Å². The maximum Gasteiger partial charge on any atom is 0.224 e. The third-order valence-electron chi connectivity index (χ3n) is 3.93. The second-order valence-corrected chi connectivity index (χ2v) is 5.49. The number of methoxy groups -OCH3 is 1. The van der Waals surface area contributed by atoms with Gasteiger partial charge in [-0.25, -0.2) is 4.98 Å². The molecular weight excluding hydrogens is 276 g/mol. The molecule has 0 bridgehead atoms. The molecular formula is C17H22N4O. The van der Waals surface area contributed by atoms with Crippen LogP contribution in [0.1, 0.15) is 24.8 Å². The number of nitrogens with one attached hydrogen (secondary N) is 1. The average molecular weight is 298 g/mol. The van der Waals surface area contributed by atoms with Gasteiger partial charge in [0.1, 0.15) is 11.6 Å². The molecule has 5 nitrogen and oxygen atoms in total. The lowest BCUT2D eigenvalue weighted by Gasteiger charge is -2.27. The lowest BCUT2D eigenvalue weighted by atomic mass is 10.1. The number of rotatable bonds is 5. The summed E-state index contributed by atoms with van der Waals surface area (Å²) in [6.07, 6.45) is 5.65. The van der Waals surface area contributed by atoms with Gasteiger partial charge in [0.05, 0.1) is 7.11 Å². The summed E-state index contributed by atoms with van der Waals surface area (Å²) in [6, 6.07) is 9.99. The minimum Gasteiger partial charge on any atom is -0.497 e. The van der Waals surface area contributed by atoms with Crippen molar-refractivity contribution in [1.29, 1.82) is 0 Å². The highest BCUT2D eigenvalue weighted by Gasteiger charge is 2.12. The Bertz CT molecular complexity index is 594. The lowest BCUT2D eigenvalue weighted by Crippen LogP contribution is -2.30. The molecule has 116 valence electrons. The fourth-order valence-corrected chi connectivity index (χ4v) is 2.66. The number of benzene rings is 1. The van der Waals surface area contributed by atoms with Crippen LogP contribution in [0.15, 0.2) is 36.5 Å². The van der Waals surface area contributed by atoms with E-state index in [2.05, 4.69) is 20.2 Å². The maximum atomic E-state index is 5.16. The maximum absolute atomic E-state index is 5.16. The highest BCUT2D eigenvalue weighted by atomic mass is 16.5. The van der Waals surface area contributed by atoms with Gasteiger partial charge in [-0.05, 0) is 43.0 Å². The van der Waals surface area contributed by atoms with Gasteiger partial charge < -0.3 is 15.0 Å². The van der Waals surface area contributed by atoms with Crippen molar-refractivity contribution in [2.45, 2.75) is 25.8 Å². The first-order chi connectivity index (χ1) is 10.8. The molecule has 3 rings (SSSR count). The molecule has 0 saturated carbocycles. The predicted molar refractivity (Wildman–Crippen MR) is 88.4 cm³/mol. The quantitative estimate of drug-likeness (QED) is 0.919. The Hall–Kier alpha value is -2.30. The minimum atomic E-state index is 0.680. The van der Waals surface area contributed by atoms with Crippen molar-refractivity contribution in [2.24, 2.45) is 0 Å². The van der Waals surface area contributed by atoms with E-state index in [1.54, 1.807) is 7.11 Å². The van der Waals surface area contributed by atoms with Crippen LogP contribution in [-0.2, 0) is 6.54 Å². The van der Waals surface area contributed by atoms with Gasteiger partial charge in [-0.3, -0.25) is 0 Å². The van der Waals surface area contributed by atoms with Crippen molar-refractivity contribution in [1.82, 2.24) is 9.97 Å². The van der Waals surface area contributed by atoms with Crippen molar-refractivity contribution < 1.29 is 4.74 Å². The van der Waals surface area contributed by atoms with Crippen LogP contribution in [0.3, 0.4) is 0 Å². The summed E-state index contributed by atoms with van der Waals surface area (Å²) in [4.78, 5) is 11.3. The number of hydrogen-bond donors (Lipinski definition) is 1. The molecule has 2 heterocycles. The molecule has 0 radical (unpaired) electrons. The lowest BCUT2D eigenvalue weighted by molar-refractivity contribution is 0.414. The van der Waals surface area contributed by atoms with Gasteiger partial charge in [0, 0.05) is 25.8 Å². The van der Waals surface area contributed by atoms with Gasteiger partial charge in [0.25, 0.3) is 0 Å². The second-order valence-electron chi connectivity index (χ2n) is 5.49. The van der Waals surface area contributed by atoms with E-state index < -0.39 is 0 Å². The van der Waals surface area contributed by atoms with Gasteiger partial charge in [-0.2, -0.15) is 4.98 Å². The van der Waals surface area contributed by atoms with Crippen LogP contribution in [0, 0.1) is 0 Å². The summed E-state index contributed by atoms with van der Waals surface area (Å²) < 4.78 is 5.16. The van der Waals surface area contributed by atoms with Gasteiger partial charge >= 0.3 is 0 Å². The number of hydrogen-bond acceptors (Lipinski definition) is 5. The zero-order valence-electron chi connectivity index (χ0n) is 13.0. The summed E-state index contributed by atoms with van der Waals surface area (Å²) >= 11 is 0. The standard InChI is InChI=1S/C17H22N4O/c1-22-15-7-5-14(6-8-15)13-19-17-18-10-9-16(20-17)21-11-3-2-4-12-21/h5-10H,2-4,11-13H2,1H3,(H,18,19,20). The monoisotopic (exact) mass is 298 g/mol. The number of nitrogens with zero attached hydrogens (tertiary/aromatic N) is 3. The van der Waals surface area contributed by atoms with Crippen LogP contribution >= 0.6 is 0 Å². The van der Waals surface area contributed by atoms with E-state index in [1.807, 2.05) is 36.5 Å². The molecule has 5 heteroatoms. The third kappa shape index (κ3) is 3.67. The average Bonchev–Trinajstić information content (AvgIpc) is 2.61. The molecule has 0 atom stereocenters. The molecule has 2 aromatic rings. The van der Waals surface area contributed by atoms with Crippen LogP contribution < -0.4 is 15.0 Å². The molecule has 1 saturated heterocycles. The van der Waals surface area contributed by atoms with E-state index >= 15 is 0 Å². The normalized spacial score (nSPS) is 14.7. The van der Waals surface area contributed by atoms with E-state index in [0.717, 1.165) is 24.7 Å². The second kappa shape index (κ2) is 7.11. The van der Waals surface area contributed by atoms with E-state index in [-0.39, 0.29) is 0 Å². The Morgan fingerprint density at radius 3 is 2.59 bits per heavy atom. The minimum absolute atomic E-state index is 0.680. The Morgan fingerprint density at radius 1 is 1.09 bits per heavy atom. The number of aromatic nitrogens is 2. The van der Waals surface area contributed by atoms with Crippen LogP contribution in [-0.4, -0.2) is 30.2 Å². The van der Waals surface area contributed by atoms with Crippen molar-refractivity contribution in [3.05, 3.63) is 42.1 Å². The molecule has 0 unspecified atom stereocenters. The first-order valence-electron chi connectivity index (χ1n) is 7.80. The van der Waals surface area contributed by atoms with Crippen molar-refractivity contribution in [3.63, 3.8) is 0 Å². The number of ether oxygens (including phenoxy) is 1. The number of anilines is 2. The third-order valence-corrected chi connectivity index (χ3v) is 3.93. The van der Waals surface area contributed by atoms with E-state index in [1.165, 1.54) is 24.8 Å².